The van der Waals surface area contributed by atoms with Gasteiger partial charge in [0.25, 0.3) is 0 Å². The lowest BCUT2D eigenvalue weighted by Crippen LogP contribution is -2.42. The summed E-state index contributed by atoms with van der Waals surface area (Å²) >= 11 is 0. The molecule has 26 heavy (non-hydrogen) atoms. The Bertz CT molecular complexity index is 850. The van der Waals surface area contributed by atoms with Crippen LogP contribution in [0.15, 0.2) is 52.2 Å². The van der Waals surface area contributed by atoms with Crippen molar-refractivity contribution in [2.24, 2.45) is 9.98 Å². The number of carbonyl (C=O) groups excluding carboxylic acids is 2. The van der Waals surface area contributed by atoms with E-state index in [0.29, 0.717) is 11.3 Å². The lowest BCUT2D eigenvalue weighted by atomic mass is 10.1. The van der Waals surface area contributed by atoms with Crippen LogP contribution in [0.2, 0.25) is 0 Å². The molecular weight excluding hydrogens is 338 g/mol. The zero-order valence-corrected chi connectivity index (χ0v) is 14.5. The van der Waals surface area contributed by atoms with Gasteiger partial charge in [0.05, 0.1) is 5.71 Å². The van der Waals surface area contributed by atoms with Gasteiger partial charge in [0, 0.05) is 42.9 Å². The van der Waals surface area contributed by atoms with Gasteiger partial charge >= 0.3 is 12.2 Å². The zero-order chi connectivity index (χ0) is 18.7. The third kappa shape index (κ3) is 4.00. The van der Waals surface area contributed by atoms with Crippen LogP contribution >= 0.6 is 0 Å². The minimum absolute atomic E-state index is 0.0613. The molecule has 9 heteroatoms. The molecule has 0 saturated heterocycles. The van der Waals surface area contributed by atoms with Gasteiger partial charge in [-0.1, -0.05) is 0 Å². The van der Waals surface area contributed by atoms with Crippen molar-refractivity contribution in [1.29, 1.82) is 0 Å². The summed E-state index contributed by atoms with van der Waals surface area (Å²) in [6, 6.07) is 1.56. The fourth-order valence-electron chi connectivity index (χ4n) is 2.13. The van der Waals surface area contributed by atoms with Crippen LogP contribution < -0.4 is 4.90 Å². The number of amides is 2. The number of rotatable bonds is 2. The van der Waals surface area contributed by atoms with Gasteiger partial charge in [-0.05, 0) is 26.8 Å². The predicted octanol–water partition coefficient (Wildman–Crippen LogP) is 3.01. The van der Waals surface area contributed by atoms with Gasteiger partial charge in [0.15, 0.2) is 0 Å². The van der Waals surface area contributed by atoms with E-state index in [4.69, 9.17) is 9.47 Å². The van der Waals surface area contributed by atoms with Crippen molar-refractivity contribution in [3.63, 3.8) is 0 Å². The highest BCUT2D eigenvalue weighted by atomic mass is 16.6. The summed E-state index contributed by atoms with van der Waals surface area (Å²) in [6.45, 7) is 5.05. The summed E-state index contributed by atoms with van der Waals surface area (Å²) in [7, 11) is 0. The maximum Gasteiger partial charge on any atom is 0.433 e. The summed E-state index contributed by atoms with van der Waals surface area (Å²) in [5.41, 5.74) is 0.687. The Morgan fingerprint density at radius 2 is 1.88 bits per heavy atom. The van der Waals surface area contributed by atoms with E-state index in [1.165, 1.54) is 12.4 Å². The van der Waals surface area contributed by atoms with Crippen LogP contribution in [0.3, 0.4) is 0 Å². The number of hydrogen-bond acceptors (Lipinski definition) is 8. The third-order valence-electron chi connectivity index (χ3n) is 3.16. The van der Waals surface area contributed by atoms with Gasteiger partial charge in [-0.25, -0.2) is 24.5 Å². The molecule has 2 aliphatic rings. The molecule has 0 aliphatic carbocycles. The average molecular weight is 355 g/mol. The van der Waals surface area contributed by atoms with Crippen molar-refractivity contribution in [1.82, 2.24) is 9.97 Å². The molecule has 0 unspecified atom stereocenters. The Hall–Kier alpha value is -3.36. The Morgan fingerprint density at radius 1 is 1.15 bits per heavy atom. The number of allylic oxidation sites excluding steroid dienone is 2. The molecule has 1 aromatic rings. The summed E-state index contributed by atoms with van der Waals surface area (Å²) in [4.78, 5) is 41.8. The molecule has 0 atom stereocenters. The summed E-state index contributed by atoms with van der Waals surface area (Å²) in [6.07, 6.45) is 6.28. The van der Waals surface area contributed by atoms with Crippen LogP contribution in [0.5, 0.6) is 0 Å². The molecule has 2 amide bonds. The van der Waals surface area contributed by atoms with Crippen LogP contribution in [0.4, 0.5) is 15.5 Å². The lowest BCUT2D eigenvalue weighted by molar-refractivity contribution is 0.0575. The molecule has 0 radical (unpaired) electrons. The van der Waals surface area contributed by atoms with Crippen LogP contribution in [-0.4, -0.2) is 39.7 Å². The van der Waals surface area contributed by atoms with E-state index in [9.17, 15) is 9.59 Å². The quantitative estimate of drug-likeness (QED) is 0.807. The molecular formula is C17H17N5O4. The highest BCUT2D eigenvalue weighted by Gasteiger charge is 2.33. The minimum Gasteiger partial charge on any atom is -0.443 e. The van der Waals surface area contributed by atoms with Gasteiger partial charge in [-0.15, -0.1) is 4.90 Å². The van der Waals surface area contributed by atoms with Gasteiger partial charge < -0.3 is 9.47 Å². The number of hydrogen-bond donors (Lipinski definition) is 0. The Kier molecular flexibility index (Phi) is 4.61. The second kappa shape index (κ2) is 6.87. The topological polar surface area (TPSA) is 106 Å². The van der Waals surface area contributed by atoms with Gasteiger partial charge in [-0.3, -0.25) is 4.99 Å². The number of aromatic nitrogens is 2. The van der Waals surface area contributed by atoms with Crippen molar-refractivity contribution in [2.75, 3.05) is 4.90 Å². The zero-order valence-electron chi connectivity index (χ0n) is 14.5. The van der Waals surface area contributed by atoms with Crippen molar-refractivity contribution in [3.05, 3.63) is 42.2 Å². The van der Waals surface area contributed by atoms with Crippen molar-refractivity contribution < 1.29 is 19.1 Å². The van der Waals surface area contributed by atoms with Crippen molar-refractivity contribution in [3.8, 4) is 0 Å². The molecule has 0 saturated carbocycles. The number of nitrogens with zero attached hydrogens (tertiary/aromatic N) is 5. The smallest absolute Gasteiger partial charge is 0.433 e. The fourth-order valence-corrected chi connectivity index (χ4v) is 2.13. The first-order valence-corrected chi connectivity index (χ1v) is 7.87. The highest BCUT2D eigenvalue weighted by molar-refractivity contribution is 6.13. The van der Waals surface area contributed by atoms with E-state index in [2.05, 4.69) is 20.0 Å². The number of carbonyl (C=O) groups is 2. The molecule has 0 N–H and O–H groups in total. The molecule has 0 bridgehead atoms. The molecule has 134 valence electrons. The van der Waals surface area contributed by atoms with Crippen LogP contribution in [-0.2, 0) is 9.47 Å². The van der Waals surface area contributed by atoms with E-state index in [1.807, 2.05) is 0 Å². The number of aliphatic imine (C=N–C) groups is 2. The molecule has 2 aliphatic heterocycles. The number of imide groups is 1. The molecule has 0 aromatic carbocycles. The van der Waals surface area contributed by atoms with E-state index in [1.54, 1.807) is 45.3 Å². The van der Waals surface area contributed by atoms with Gasteiger partial charge in [-0.2, -0.15) is 0 Å². The second-order valence-corrected chi connectivity index (χ2v) is 6.39. The number of anilines is 1. The fraction of sp³-hybridized carbons (Fsp3) is 0.294. The molecule has 3 heterocycles. The molecule has 9 nitrogen and oxygen atoms in total. The van der Waals surface area contributed by atoms with E-state index in [0.717, 1.165) is 11.3 Å². The number of ether oxygens (including phenoxy) is 2. The Labute approximate surface area is 149 Å². The predicted molar refractivity (Wildman–Crippen MR) is 93.9 cm³/mol. The average Bonchev–Trinajstić information content (AvgIpc) is 2.96. The summed E-state index contributed by atoms with van der Waals surface area (Å²) in [5.74, 6) is -0.0933. The first-order chi connectivity index (χ1) is 12.3. The molecule has 3 rings (SSSR count). The minimum atomic E-state index is -1.01. The standard InChI is InChI=1S/C17H17N5O4/c1-17(2,3)26-16(24)22(14-19-6-4-7-20-14)15(23)25-13-9-11-10-18-8-5-12(11)21-13/h4,6-10H,5H2,1-3H3. The van der Waals surface area contributed by atoms with Crippen LogP contribution in [0.25, 0.3) is 0 Å². The summed E-state index contributed by atoms with van der Waals surface area (Å²) < 4.78 is 10.5. The van der Waals surface area contributed by atoms with Crippen molar-refractivity contribution >= 4 is 30.1 Å². The van der Waals surface area contributed by atoms with E-state index < -0.39 is 17.8 Å². The summed E-state index contributed by atoms with van der Waals surface area (Å²) in [5, 5.41) is 0. The first-order valence-electron chi connectivity index (χ1n) is 7.87. The van der Waals surface area contributed by atoms with Crippen molar-refractivity contribution in [2.45, 2.75) is 32.8 Å². The SMILES string of the molecule is CC(C)(C)OC(=O)N(C(=O)OC1=CC2=CN=CCC2=N1)c1ncccn1. The molecule has 1 aromatic heterocycles. The van der Waals surface area contributed by atoms with E-state index >= 15 is 0 Å². The second-order valence-electron chi connectivity index (χ2n) is 6.39. The molecule has 0 fully saturated rings. The number of fused-ring (bicyclic) bond motifs is 1. The monoisotopic (exact) mass is 355 g/mol. The lowest BCUT2D eigenvalue weighted by Gasteiger charge is -2.24. The Balaban J connectivity index is 1.82. The maximum atomic E-state index is 12.6. The first kappa shape index (κ1) is 17.5. The molecule has 0 spiro atoms. The van der Waals surface area contributed by atoms with Crippen LogP contribution in [0, 0.1) is 0 Å². The third-order valence-corrected chi connectivity index (χ3v) is 3.16. The normalized spacial score (nSPS) is 15.4. The van der Waals surface area contributed by atoms with Gasteiger partial charge in [0.2, 0.25) is 11.8 Å². The largest absolute Gasteiger partial charge is 0.443 e. The van der Waals surface area contributed by atoms with Crippen LogP contribution in [0.1, 0.15) is 27.2 Å². The maximum absolute atomic E-state index is 12.6. The van der Waals surface area contributed by atoms with E-state index in [-0.39, 0.29) is 11.8 Å². The highest BCUT2D eigenvalue weighted by Crippen LogP contribution is 2.23. The Morgan fingerprint density at radius 3 is 2.54 bits per heavy atom. The van der Waals surface area contributed by atoms with Gasteiger partial charge in [0.1, 0.15) is 5.60 Å².